The topological polar surface area (TPSA) is 63.7 Å². The third-order valence-corrected chi connectivity index (χ3v) is 3.05. The van der Waals surface area contributed by atoms with Gasteiger partial charge in [0.15, 0.2) is 0 Å². The molecule has 1 amide bonds. The van der Waals surface area contributed by atoms with Crippen molar-refractivity contribution in [2.45, 2.75) is 27.1 Å². The zero-order valence-corrected chi connectivity index (χ0v) is 11.4. The van der Waals surface area contributed by atoms with Gasteiger partial charge in [-0.05, 0) is 38.0 Å². The largest absolute Gasteiger partial charge is 0.462 e. The molecular weight excluding hydrogens is 265 g/mol. The molecule has 6 heteroatoms. The van der Waals surface area contributed by atoms with Crippen molar-refractivity contribution in [3.8, 4) is 0 Å². The van der Waals surface area contributed by atoms with E-state index in [0.717, 1.165) is 5.56 Å². The molecule has 1 aromatic carbocycles. The van der Waals surface area contributed by atoms with Gasteiger partial charge in [0.05, 0.1) is 17.9 Å². The van der Waals surface area contributed by atoms with Gasteiger partial charge in [-0.15, -0.1) is 0 Å². The van der Waals surface area contributed by atoms with Crippen LogP contribution in [0.3, 0.4) is 0 Å². The quantitative estimate of drug-likeness (QED) is 0.480. The lowest BCUT2D eigenvalue weighted by atomic mass is 10.0. The molecule has 1 heterocycles. The zero-order chi connectivity index (χ0) is 15.0. The Morgan fingerprint density at radius 1 is 1.35 bits per heavy atom. The van der Waals surface area contributed by atoms with E-state index in [1.165, 1.54) is 13.0 Å². The van der Waals surface area contributed by atoms with Gasteiger partial charge in [0.2, 0.25) is 0 Å². The van der Waals surface area contributed by atoms with Gasteiger partial charge in [-0.1, -0.05) is 6.07 Å². The molecule has 0 saturated heterocycles. The zero-order valence-electron chi connectivity index (χ0n) is 11.4. The number of alkyl halides is 1. The number of hydrogen-bond acceptors (Lipinski definition) is 4. The Hall–Kier alpha value is -2.24. The summed E-state index contributed by atoms with van der Waals surface area (Å²) in [6.07, 6.45) is -2.31. The van der Waals surface area contributed by atoms with Crippen molar-refractivity contribution >= 4 is 23.3 Å². The molecule has 0 aromatic heterocycles. The van der Waals surface area contributed by atoms with Crippen LogP contribution >= 0.6 is 0 Å². The summed E-state index contributed by atoms with van der Waals surface area (Å²) >= 11 is 0. The summed E-state index contributed by atoms with van der Waals surface area (Å²) in [6.45, 7) is 4.95. The van der Waals surface area contributed by atoms with Gasteiger partial charge in [0, 0.05) is 0 Å². The number of carbonyl (C=O) groups is 3. The molecule has 1 aliphatic rings. The maximum atomic E-state index is 14.1. The molecule has 1 aromatic rings. The molecule has 0 radical (unpaired) electrons. The highest BCUT2D eigenvalue weighted by molar-refractivity contribution is 6.53. The van der Waals surface area contributed by atoms with Gasteiger partial charge >= 0.3 is 11.9 Å². The highest BCUT2D eigenvalue weighted by Gasteiger charge is 2.44. The van der Waals surface area contributed by atoms with Crippen molar-refractivity contribution in [1.29, 1.82) is 0 Å². The summed E-state index contributed by atoms with van der Waals surface area (Å²) in [5, 5.41) is 0. The van der Waals surface area contributed by atoms with E-state index in [9.17, 15) is 18.8 Å². The molecule has 2 rings (SSSR count). The van der Waals surface area contributed by atoms with Crippen LogP contribution < -0.4 is 4.90 Å². The van der Waals surface area contributed by atoms with E-state index < -0.39 is 24.0 Å². The van der Waals surface area contributed by atoms with E-state index in [2.05, 4.69) is 4.74 Å². The van der Waals surface area contributed by atoms with Gasteiger partial charge in [0.25, 0.3) is 12.1 Å². The maximum Gasteiger partial charge on any atom is 0.362 e. The summed E-state index contributed by atoms with van der Waals surface area (Å²) in [5.74, 6) is -3.03. The Labute approximate surface area is 115 Å². The number of amides is 1. The van der Waals surface area contributed by atoms with Gasteiger partial charge in [0.1, 0.15) is 0 Å². The molecule has 0 aliphatic carbocycles. The molecule has 1 atom stereocenters. The number of ether oxygens (including phenoxy) is 1. The monoisotopic (exact) mass is 279 g/mol. The van der Waals surface area contributed by atoms with Gasteiger partial charge < -0.3 is 4.74 Å². The third kappa shape index (κ3) is 2.07. The van der Waals surface area contributed by atoms with E-state index in [0.29, 0.717) is 10.5 Å². The summed E-state index contributed by atoms with van der Waals surface area (Å²) in [5.41, 5.74) is 1.62. The molecule has 1 unspecified atom stereocenters. The molecule has 106 valence electrons. The number of Topliss-reactive ketones (excluding diaryl/α,β-unsaturated/α-hetero) is 1. The van der Waals surface area contributed by atoms with Crippen LogP contribution in [0.2, 0.25) is 0 Å². The van der Waals surface area contributed by atoms with Crippen molar-refractivity contribution in [3.05, 3.63) is 28.8 Å². The highest BCUT2D eigenvalue weighted by Crippen LogP contribution is 2.35. The number of esters is 1. The molecular formula is C14H14FNO4. The minimum absolute atomic E-state index is 0.00499. The van der Waals surface area contributed by atoms with Crippen LogP contribution in [-0.4, -0.2) is 30.6 Å². The fourth-order valence-electron chi connectivity index (χ4n) is 2.31. The predicted molar refractivity (Wildman–Crippen MR) is 69.3 cm³/mol. The minimum Gasteiger partial charge on any atom is -0.462 e. The predicted octanol–water partition coefficient (Wildman–Crippen LogP) is 1.69. The van der Waals surface area contributed by atoms with Crippen molar-refractivity contribution in [1.82, 2.24) is 0 Å². The Kier molecular flexibility index (Phi) is 3.57. The lowest BCUT2D eigenvalue weighted by molar-refractivity contribution is -0.150. The lowest BCUT2D eigenvalue weighted by Gasteiger charge is -2.21. The molecule has 0 spiro atoms. The molecule has 0 N–H and O–H groups in total. The van der Waals surface area contributed by atoms with Crippen molar-refractivity contribution < 1.29 is 23.5 Å². The fraction of sp³-hybridized carbons (Fsp3) is 0.357. The number of halogens is 1. The van der Waals surface area contributed by atoms with Crippen LogP contribution in [0.1, 0.15) is 28.4 Å². The van der Waals surface area contributed by atoms with Gasteiger partial charge in [-0.3, -0.25) is 14.5 Å². The van der Waals surface area contributed by atoms with Crippen LogP contribution in [0, 0.1) is 13.8 Å². The molecule has 20 heavy (non-hydrogen) atoms. The van der Waals surface area contributed by atoms with Crippen molar-refractivity contribution in [2.24, 2.45) is 0 Å². The highest BCUT2D eigenvalue weighted by atomic mass is 19.1. The number of ketones is 1. The second kappa shape index (κ2) is 5.03. The number of hydrogen-bond donors (Lipinski definition) is 0. The molecule has 0 fully saturated rings. The Balaban J connectivity index is 2.51. The number of rotatable bonds is 3. The molecule has 5 nitrogen and oxygen atoms in total. The Morgan fingerprint density at radius 2 is 2.00 bits per heavy atom. The number of aryl methyl sites for hydroxylation is 2. The third-order valence-electron chi connectivity index (χ3n) is 3.05. The van der Waals surface area contributed by atoms with Crippen LogP contribution in [-0.2, 0) is 14.3 Å². The summed E-state index contributed by atoms with van der Waals surface area (Å²) in [4.78, 5) is 35.8. The number of carbonyl (C=O) groups excluding carboxylic acids is 3. The number of benzene rings is 1. The summed E-state index contributed by atoms with van der Waals surface area (Å²) < 4.78 is 18.7. The van der Waals surface area contributed by atoms with E-state index in [1.54, 1.807) is 19.9 Å². The Bertz CT molecular complexity index is 611. The van der Waals surface area contributed by atoms with Crippen molar-refractivity contribution in [3.63, 3.8) is 0 Å². The minimum atomic E-state index is -2.31. The fourth-order valence-corrected chi connectivity index (χ4v) is 2.31. The first-order valence-electron chi connectivity index (χ1n) is 6.18. The standard InChI is InChI=1S/C14H14FNO4/c1-4-20-14(19)12(15)16-10-8(3)5-7(2)6-9(10)11(17)13(16)18/h5-6,12H,4H2,1-3H3. The molecule has 1 aliphatic heterocycles. The number of anilines is 1. The van der Waals surface area contributed by atoms with Gasteiger partial charge in [-0.25, -0.2) is 9.18 Å². The SMILES string of the molecule is CCOC(=O)C(F)N1C(=O)C(=O)c2cc(C)cc(C)c21. The van der Waals surface area contributed by atoms with Crippen LogP contribution in [0.25, 0.3) is 0 Å². The maximum absolute atomic E-state index is 14.1. The number of nitrogens with zero attached hydrogens (tertiary/aromatic N) is 1. The normalized spacial score (nSPS) is 15.3. The second-order valence-corrected chi connectivity index (χ2v) is 4.57. The first kappa shape index (κ1) is 14.2. The summed E-state index contributed by atoms with van der Waals surface area (Å²) in [6, 6.07) is 3.23. The summed E-state index contributed by atoms with van der Waals surface area (Å²) in [7, 11) is 0. The number of fused-ring (bicyclic) bond motifs is 1. The lowest BCUT2D eigenvalue weighted by Crippen LogP contribution is -2.42. The van der Waals surface area contributed by atoms with E-state index >= 15 is 0 Å². The van der Waals surface area contributed by atoms with Crippen LogP contribution in [0.4, 0.5) is 10.1 Å². The van der Waals surface area contributed by atoms with Crippen LogP contribution in [0.15, 0.2) is 12.1 Å². The molecule has 0 bridgehead atoms. The first-order valence-corrected chi connectivity index (χ1v) is 6.18. The van der Waals surface area contributed by atoms with Gasteiger partial charge in [-0.2, -0.15) is 0 Å². The molecule has 0 saturated carbocycles. The van der Waals surface area contributed by atoms with Crippen molar-refractivity contribution in [2.75, 3.05) is 11.5 Å². The smallest absolute Gasteiger partial charge is 0.362 e. The second-order valence-electron chi connectivity index (χ2n) is 4.57. The average molecular weight is 279 g/mol. The van der Waals surface area contributed by atoms with E-state index in [1.807, 2.05) is 0 Å². The van der Waals surface area contributed by atoms with E-state index in [-0.39, 0.29) is 17.9 Å². The average Bonchev–Trinajstić information content (AvgIpc) is 2.63. The Morgan fingerprint density at radius 3 is 2.60 bits per heavy atom. The first-order chi connectivity index (χ1) is 9.38. The van der Waals surface area contributed by atoms with E-state index in [4.69, 9.17) is 0 Å². The van der Waals surface area contributed by atoms with Crippen LogP contribution in [0.5, 0.6) is 0 Å².